The van der Waals surface area contributed by atoms with Crippen LogP contribution in [-0.2, 0) is 107 Å². The predicted octanol–water partition coefficient (Wildman–Crippen LogP) is 31.2. The van der Waals surface area contributed by atoms with Gasteiger partial charge in [-0.05, 0) is 165 Å². The fraction of sp³-hybridized carbons (Fsp3) is 0.0451. The van der Waals surface area contributed by atoms with Crippen molar-refractivity contribution in [2.45, 2.75) is 34.1 Å². The monoisotopic (exact) mass is 2800 g/mol. The minimum atomic E-state index is 0. The van der Waals surface area contributed by atoms with Crippen LogP contribution in [0.1, 0.15) is 30.7 Å². The summed E-state index contributed by atoms with van der Waals surface area (Å²) >= 11 is 0. The molecule has 736 valence electrons. The molecule has 0 aliphatic rings. The largest absolute Gasteiger partial charge is 3.00 e. The summed E-state index contributed by atoms with van der Waals surface area (Å²) in [5.41, 5.74) is 31.4. The number of aryl methyl sites for hydroxylation is 2. The number of hydrogen-bond acceptors (Lipinski definition) is 8. The molecule has 4 radical (unpaired) electrons. The molecule has 0 N–H and O–H groups in total. The summed E-state index contributed by atoms with van der Waals surface area (Å²) in [6.07, 6.45) is 21.1. The topological polar surface area (TPSA) is 112 Å². The molecule has 0 bridgehead atoms. The Hall–Kier alpha value is -15.3. The minimum absolute atomic E-state index is 0. The van der Waals surface area contributed by atoms with Crippen molar-refractivity contribution >= 4 is 0 Å². The van der Waals surface area contributed by atoms with Crippen LogP contribution in [-0.4, -0.2) is 44.4 Å². The van der Waals surface area contributed by atoms with E-state index in [1.165, 1.54) is 50.1 Å². The van der Waals surface area contributed by atoms with E-state index in [2.05, 4.69) is 250 Å². The Labute approximate surface area is 939 Å². The summed E-state index contributed by atoms with van der Waals surface area (Å²) in [6.45, 7) is 8.66. The minimum Gasteiger partial charge on any atom is -0.321 e. The molecule has 9 aromatic heterocycles. The van der Waals surface area contributed by atoms with Crippen LogP contribution >= 0.6 is 0 Å². The van der Waals surface area contributed by atoms with Gasteiger partial charge in [-0.1, -0.05) is 238 Å². The predicted molar refractivity (Wildman–Crippen MR) is 583 cm³/mol. The maximum atomic E-state index is 4.65. The SMILES string of the molecule is CC(C)Cc1cccc(-c2[c-]cccc2)n1.Cc1cc(-c2[c-]cccc2)ncc1-c1ccccc1.Cc1ccccc1-c1ccc(-c2[c-]cccc2)nc1.[Ir+3].[Ir].[Ir].[Ir].[Ir].[c-]1ccc(-c2ccccc2)cc1-c1ccccn1.[c-]1ccc(-c2ccccc2)cc1-c1ccccn1.[c-]1ccccc1-[n+]1[c-]n(-c2ccccc2)cc1.[c-]1ccccc1-c1ccccn1.[c-]1ccccc1-c1ccccn1.[c-]1ccccc1-c1ccccn1. The fourth-order valence-corrected chi connectivity index (χ4v) is 14.9. The van der Waals surface area contributed by atoms with Crippen LogP contribution in [0, 0.1) is 80.7 Å². The van der Waals surface area contributed by atoms with E-state index in [1.54, 1.807) is 31.0 Å². The second kappa shape index (κ2) is 63.9. The van der Waals surface area contributed by atoms with Gasteiger partial charge in [0, 0.05) is 147 Å². The van der Waals surface area contributed by atoms with Crippen molar-refractivity contribution in [2.75, 3.05) is 0 Å². The molecule has 9 heterocycles. The number of aromatic nitrogens is 10. The molecule has 0 amide bonds. The van der Waals surface area contributed by atoms with Gasteiger partial charge in [0.05, 0.1) is 5.69 Å². The Bertz CT molecular complexity index is 6990. The Morgan fingerprint density at radius 2 is 0.595 bits per heavy atom. The summed E-state index contributed by atoms with van der Waals surface area (Å²) in [6, 6.07) is 187. The van der Waals surface area contributed by atoms with Crippen molar-refractivity contribution in [2.24, 2.45) is 5.92 Å². The molecule has 0 fully saturated rings. The number of pyridine rings is 8. The first-order valence-corrected chi connectivity index (χ1v) is 47.2. The number of benzene rings is 14. The molecule has 0 spiro atoms. The third kappa shape index (κ3) is 36.4. The van der Waals surface area contributed by atoms with Gasteiger partial charge in [-0.3, -0.25) is 4.57 Å². The molecule has 0 unspecified atom stereocenters. The van der Waals surface area contributed by atoms with E-state index in [0.717, 1.165) is 119 Å². The number of imidazole rings is 1. The first-order chi connectivity index (χ1) is 70.6. The summed E-state index contributed by atoms with van der Waals surface area (Å²) in [7, 11) is 0. The molecule has 0 aliphatic carbocycles. The molecule has 0 aliphatic heterocycles. The molecular formula is C133H103Ir5N10-6. The molecule has 0 saturated heterocycles. The molecular weight excluding hydrogens is 2700 g/mol. The average molecular weight is 2800 g/mol. The van der Waals surface area contributed by atoms with Crippen molar-refractivity contribution in [1.82, 2.24) is 44.4 Å². The van der Waals surface area contributed by atoms with Crippen molar-refractivity contribution in [3.05, 3.63) is 613 Å². The summed E-state index contributed by atoms with van der Waals surface area (Å²) in [5, 5.41) is 0. The maximum Gasteiger partial charge on any atom is 3.00 e. The summed E-state index contributed by atoms with van der Waals surface area (Å²) < 4.78 is 3.88. The van der Waals surface area contributed by atoms with Crippen LogP contribution in [0.2, 0.25) is 0 Å². The number of rotatable bonds is 16. The van der Waals surface area contributed by atoms with Gasteiger partial charge in [0.2, 0.25) is 0 Å². The van der Waals surface area contributed by atoms with E-state index in [-0.39, 0.29) is 101 Å². The van der Waals surface area contributed by atoms with Crippen molar-refractivity contribution in [3.63, 3.8) is 0 Å². The van der Waals surface area contributed by atoms with E-state index in [0.29, 0.717) is 5.92 Å². The standard InChI is InChI=1S/2C18H14N.2C17H12N.C15H11N2.C15H16N.3C11H8N.5Ir/c1-14-12-18(16-10-6-3-7-11-16)19-13-17(14)15-8-4-2-5-9-15;1-14-7-5-6-10-17(14)16-11-12-18(19-13-16)15-8-3-2-4-9-15;2*1-2-7-14(8-3-1)15-9-6-10-16(13-15)17-11-4-5-12-18-17;1-3-7-14(8-4-1)16-11-12-17(13-16)15-9-5-2-6-10-15;1-12(2)11-14-9-6-10-15(16-14)13-7-4-3-5-8-13;3*1-2-6-10(7-3-1)11-8-4-5-9-12-11;;;;;/h2-10,12-13H,1H3;2-8,10-13H,1H3;2*1-9,11-13H;1-9,11-12H;3-7,9-10,12H,11H2,1-2H3;3*1-6,8-9H;;;;;/q9*-1;;;;;+3. The van der Waals surface area contributed by atoms with Crippen LogP contribution in [0.15, 0.2) is 535 Å². The van der Waals surface area contributed by atoms with Gasteiger partial charge in [-0.15, -0.1) is 286 Å². The van der Waals surface area contributed by atoms with Gasteiger partial charge in [-0.2, -0.15) is 30.3 Å². The third-order valence-electron chi connectivity index (χ3n) is 22.0. The quantitative estimate of drug-likeness (QED) is 0.0695. The molecule has 10 nitrogen and oxygen atoms in total. The van der Waals surface area contributed by atoms with Gasteiger partial charge >= 0.3 is 20.1 Å². The normalized spacial score (nSPS) is 9.84. The Morgan fingerprint density at radius 3 is 0.966 bits per heavy atom. The van der Waals surface area contributed by atoms with Crippen molar-refractivity contribution in [1.29, 1.82) is 0 Å². The second-order valence-corrected chi connectivity index (χ2v) is 32.8. The van der Waals surface area contributed by atoms with Crippen LogP contribution < -0.4 is 4.57 Å². The number of para-hydroxylation sites is 2. The zero-order valence-electron chi connectivity index (χ0n) is 81.7. The molecule has 23 aromatic rings. The Balaban J connectivity index is 0.000000170. The van der Waals surface area contributed by atoms with E-state index < -0.39 is 0 Å². The zero-order valence-corrected chi connectivity index (χ0v) is 93.7. The summed E-state index contributed by atoms with van der Waals surface area (Å²) in [5.74, 6) is 0.641. The van der Waals surface area contributed by atoms with Gasteiger partial charge in [-0.25, -0.2) is 0 Å². The first kappa shape index (κ1) is 115. The maximum absolute atomic E-state index is 4.65. The van der Waals surface area contributed by atoms with Crippen LogP contribution in [0.4, 0.5) is 0 Å². The summed E-state index contributed by atoms with van der Waals surface area (Å²) in [4.78, 5) is 35.1. The van der Waals surface area contributed by atoms with Crippen molar-refractivity contribution < 1.29 is 105 Å². The van der Waals surface area contributed by atoms with Gasteiger partial charge in [0.25, 0.3) is 6.33 Å². The van der Waals surface area contributed by atoms with E-state index in [1.807, 2.05) is 392 Å². The molecule has 14 aromatic carbocycles. The van der Waals surface area contributed by atoms with E-state index in [4.69, 9.17) is 0 Å². The first-order valence-electron chi connectivity index (χ1n) is 47.2. The van der Waals surface area contributed by atoms with Crippen LogP contribution in [0.3, 0.4) is 0 Å². The van der Waals surface area contributed by atoms with E-state index >= 15 is 0 Å². The zero-order chi connectivity index (χ0) is 98.1. The van der Waals surface area contributed by atoms with Gasteiger partial charge in [0.15, 0.2) is 0 Å². The fourth-order valence-electron chi connectivity index (χ4n) is 14.9. The van der Waals surface area contributed by atoms with Crippen LogP contribution in [0.5, 0.6) is 0 Å². The molecule has 0 atom stereocenters. The second-order valence-electron chi connectivity index (χ2n) is 32.8. The molecule has 23 rings (SSSR count). The average Bonchev–Trinajstić information content (AvgIpc) is 1.35. The van der Waals surface area contributed by atoms with E-state index in [9.17, 15) is 0 Å². The number of nitrogens with zero attached hydrogens (tertiary/aromatic N) is 10. The molecule has 15 heteroatoms. The number of hydrogen-bond donors (Lipinski definition) is 0. The van der Waals surface area contributed by atoms with Gasteiger partial charge in [0.1, 0.15) is 0 Å². The third-order valence-corrected chi connectivity index (χ3v) is 22.0. The Morgan fingerprint density at radius 1 is 0.250 bits per heavy atom. The van der Waals surface area contributed by atoms with Gasteiger partial charge < -0.3 is 44.4 Å². The smallest absolute Gasteiger partial charge is 0.321 e. The van der Waals surface area contributed by atoms with Crippen LogP contribution in [0.25, 0.3) is 146 Å². The molecule has 148 heavy (non-hydrogen) atoms. The Kier molecular flexibility index (Phi) is 49.5. The molecule has 0 saturated carbocycles. The van der Waals surface area contributed by atoms with Crippen molar-refractivity contribution in [3.8, 4) is 146 Å².